The van der Waals surface area contributed by atoms with Crippen LogP contribution in [0.4, 0.5) is 5.82 Å². The molecule has 5 rings (SSSR count). The Hall–Kier alpha value is -3.13. The average molecular weight is 494 g/mol. The number of carbonyl (C=O) groups excluding carboxylic acids is 1. The van der Waals surface area contributed by atoms with Crippen molar-refractivity contribution in [2.45, 2.75) is 63.3 Å². The van der Waals surface area contributed by atoms with Gasteiger partial charge in [-0.05, 0) is 51.7 Å². The van der Waals surface area contributed by atoms with Crippen LogP contribution in [0.15, 0.2) is 30.5 Å². The van der Waals surface area contributed by atoms with Gasteiger partial charge >= 0.3 is 0 Å². The predicted octanol–water partition coefficient (Wildman–Crippen LogP) is 2.20. The summed E-state index contributed by atoms with van der Waals surface area (Å²) in [5.74, 6) is 0.733. The quantitative estimate of drug-likeness (QED) is 0.453. The molecule has 1 aromatic heterocycles. The summed E-state index contributed by atoms with van der Waals surface area (Å²) in [4.78, 5) is 12.1. The van der Waals surface area contributed by atoms with Crippen molar-refractivity contribution in [2.75, 3.05) is 31.5 Å². The van der Waals surface area contributed by atoms with Crippen LogP contribution < -0.4 is 15.8 Å². The van der Waals surface area contributed by atoms with E-state index in [0.29, 0.717) is 12.8 Å². The molecule has 1 atom stereocenters. The fourth-order valence-electron chi connectivity index (χ4n) is 5.28. The third-order valence-corrected chi connectivity index (χ3v) is 7.72. The summed E-state index contributed by atoms with van der Waals surface area (Å²) in [6, 6.07) is 10.5. The van der Waals surface area contributed by atoms with E-state index in [0.717, 1.165) is 44.8 Å². The SMILES string of the molecule is Cc1ccc(OC2(C)CN(N3CCC(CC#N)(n4cc(C(N)=O)c(NC(O)C5CC5)n4)CC3)C2)cc1. The minimum Gasteiger partial charge on any atom is -0.485 e. The summed E-state index contributed by atoms with van der Waals surface area (Å²) in [6.45, 7) is 7.32. The Morgan fingerprint density at radius 3 is 2.53 bits per heavy atom. The number of aryl methyl sites for hydroxylation is 1. The standard InChI is InChI=1S/C26H35N7O3/c1-18-3-7-20(8-4-18)36-25(2)16-32(17-25)31-13-10-26(9-12-27,11-14-31)33-15-21(22(28)34)23(30-33)29-24(35)19-5-6-19/h3-4,7-8,15,19,24,35H,5-6,9-11,13-14,16-17H2,1-2H3,(H2,28,34)(H,29,30). The molecule has 3 aliphatic rings. The van der Waals surface area contributed by atoms with Crippen molar-refractivity contribution in [2.24, 2.45) is 11.7 Å². The highest BCUT2D eigenvalue weighted by atomic mass is 16.5. The smallest absolute Gasteiger partial charge is 0.254 e. The van der Waals surface area contributed by atoms with Crippen molar-refractivity contribution in [1.29, 1.82) is 5.26 Å². The Kier molecular flexibility index (Phi) is 6.41. The Morgan fingerprint density at radius 2 is 1.94 bits per heavy atom. The van der Waals surface area contributed by atoms with E-state index in [2.05, 4.69) is 52.5 Å². The van der Waals surface area contributed by atoms with Gasteiger partial charge in [0.05, 0.1) is 31.1 Å². The maximum absolute atomic E-state index is 12.1. The van der Waals surface area contributed by atoms with E-state index in [9.17, 15) is 15.2 Å². The molecule has 2 saturated heterocycles. The summed E-state index contributed by atoms with van der Waals surface area (Å²) in [5, 5.41) is 32.2. The second kappa shape index (κ2) is 9.39. The Morgan fingerprint density at radius 1 is 1.28 bits per heavy atom. The third kappa shape index (κ3) is 4.91. The molecule has 2 aromatic rings. The fourth-order valence-corrected chi connectivity index (χ4v) is 5.28. The van der Waals surface area contributed by atoms with Crippen LogP contribution in [0, 0.1) is 24.2 Å². The third-order valence-electron chi connectivity index (χ3n) is 7.72. The first-order valence-electron chi connectivity index (χ1n) is 12.7. The number of amides is 1. The average Bonchev–Trinajstić information content (AvgIpc) is 3.59. The maximum Gasteiger partial charge on any atom is 0.254 e. The number of nitriles is 1. The first-order valence-corrected chi connectivity index (χ1v) is 12.7. The van der Waals surface area contributed by atoms with E-state index >= 15 is 0 Å². The van der Waals surface area contributed by atoms with Crippen molar-refractivity contribution in [3.05, 3.63) is 41.6 Å². The number of ether oxygens (including phenoxy) is 1. The van der Waals surface area contributed by atoms with Gasteiger partial charge in [-0.3, -0.25) is 9.48 Å². The Labute approximate surface area is 211 Å². The molecule has 1 unspecified atom stereocenters. The second-order valence-corrected chi connectivity index (χ2v) is 10.8. The Bertz CT molecular complexity index is 1140. The number of nitrogens with zero attached hydrogens (tertiary/aromatic N) is 5. The number of rotatable bonds is 9. The summed E-state index contributed by atoms with van der Waals surface area (Å²) >= 11 is 0. The fraction of sp³-hybridized carbons (Fsp3) is 0.577. The van der Waals surface area contributed by atoms with Crippen LogP contribution in [0.25, 0.3) is 0 Å². The molecule has 0 radical (unpaired) electrons. The number of aromatic nitrogens is 2. The van der Waals surface area contributed by atoms with Gasteiger partial charge in [-0.2, -0.15) is 10.4 Å². The summed E-state index contributed by atoms with van der Waals surface area (Å²) in [6.07, 6.45) is 4.45. The van der Waals surface area contributed by atoms with Gasteiger partial charge in [-0.15, -0.1) is 0 Å². The molecule has 3 fully saturated rings. The van der Waals surface area contributed by atoms with E-state index in [1.807, 2.05) is 12.1 Å². The predicted molar refractivity (Wildman–Crippen MR) is 134 cm³/mol. The lowest BCUT2D eigenvalue weighted by molar-refractivity contribution is -0.186. The molecule has 1 saturated carbocycles. The van der Waals surface area contributed by atoms with E-state index < -0.39 is 17.7 Å². The van der Waals surface area contributed by atoms with Crippen molar-refractivity contribution in [3.63, 3.8) is 0 Å². The lowest BCUT2D eigenvalue weighted by Crippen LogP contribution is -2.69. The normalized spacial score (nSPS) is 22.3. The number of primary amides is 1. The van der Waals surface area contributed by atoms with Gasteiger partial charge in [0.2, 0.25) is 0 Å². The number of anilines is 1. The molecule has 10 nitrogen and oxygen atoms in total. The van der Waals surface area contributed by atoms with Crippen LogP contribution in [0.2, 0.25) is 0 Å². The van der Waals surface area contributed by atoms with Gasteiger partial charge < -0.3 is 20.9 Å². The van der Waals surface area contributed by atoms with Crippen LogP contribution >= 0.6 is 0 Å². The lowest BCUT2D eigenvalue weighted by atomic mass is 9.85. The molecule has 1 aliphatic carbocycles. The second-order valence-electron chi connectivity index (χ2n) is 10.8. The molecular formula is C26H35N7O3. The highest BCUT2D eigenvalue weighted by Crippen LogP contribution is 2.38. The van der Waals surface area contributed by atoms with Gasteiger partial charge in [0.1, 0.15) is 23.1 Å². The molecule has 36 heavy (non-hydrogen) atoms. The van der Waals surface area contributed by atoms with Crippen molar-refractivity contribution in [3.8, 4) is 11.8 Å². The molecule has 0 bridgehead atoms. The van der Waals surface area contributed by atoms with Crippen molar-refractivity contribution >= 4 is 11.7 Å². The number of aliphatic hydroxyl groups is 1. The molecule has 1 amide bonds. The van der Waals surface area contributed by atoms with Gasteiger partial charge in [-0.1, -0.05) is 17.7 Å². The van der Waals surface area contributed by atoms with Crippen LogP contribution in [0.3, 0.4) is 0 Å². The highest BCUT2D eigenvalue weighted by molar-refractivity contribution is 5.97. The molecule has 10 heteroatoms. The molecule has 192 valence electrons. The van der Waals surface area contributed by atoms with Crippen LogP contribution in [-0.2, 0) is 5.54 Å². The van der Waals surface area contributed by atoms with Crippen molar-refractivity contribution in [1.82, 2.24) is 19.8 Å². The molecule has 1 aromatic carbocycles. The van der Waals surface area contributed by atoms with Crippen LogP contribution in [-0.4, -0.2) is 68.8 Å². The number of hydrogen-bond acceptors (Lipinski definition) is 8. The van der Waals surface area contributed by atoms with Gasteiger partial charge in [0.15, 0.2) is 5.82 Å². The summed E-state index contributed by atoms with van der Waals surface area (Å²) < 4.78 is 7.99. The highest BCUT2D eigenvalue weighted by Gasteiger charge is 2.47. The topological polar surface area (TPSA) is 133 Å². The number of benzene rings is 1. The van der Waals surface area contributed by atoms with Crippen molar-refractivity contribution < 1.29 is 14.6 Å². The van der Waals surface area contributed by atoms with Gasteiger partial charge in [0.25, 0.3) is 5.91 Å². The number of piperidine rings is 1. The number of hydrogen-bond donors (Lipinski definition) is 3. The molecule has 2 aliphatic heterocycles. The number of carbonyl (C=O) groups is 1. The lowest BCUT2D eigenvalue weighted by Gasteiger charge is -2.54. The number of hydrazine groups is 1. The van der Waals surface area contributed by atoms with E-state index in [-0.39, 0.29) is 29.3 Å². The van der Waals surface area contributed by atoms with Crippen LogP contribution in [0.1, 0.15) is 54.9 Å². The summed E-state index contributed by atoms with van der Waals surface area (Å²) in [7, 11) is 0. The molecule has 3 heterocycles. The molecule has 0 spiro atoms. The number of aliphatic hydroxyl groups excluding tert-OH is 1. The molecule has 4 N–H and O–H groups in total. The van der Waals surface area contributed by atoms with E-state index in [4.69, 9.17) is 10.5 Å². The number of nitrogens with one attached hydrogen (secondary N) is 1. The van der Waals surface area contributed by atoms with E-state index in [1.54, 1.807) is 10.9 Å². The summed E-state index contributed by atoms with van der Waals surface area (Å²) in [5.41, 5.74) is 6.28. The van der Waals surface area contributed by atoms with Crippen LogP contribution in [0.5, 0.6) is 5.75 Å². The largest absolute Gasteiger partial charge is 0.485 e. The zero-order chi connectivity index (χ0) is 25.5. The zero-order valence-corrected chi connectivity index (χ0v) is 21.0. The first kappa shape index (κ1) is 24.6. The maximum atomic E-state index is 12.1. The molecular weight excluding hydrogens is 458 g/mol. The van der Waals surface area contributed by atoms with E-state index in [1.165, 1.54) is 5.56 Å². The minimum absolute atomic E-state index is 0.171. The monoisotopic (exact) mass is 493 g/mol. The van der Waals surface area contributed by atoms with Gasteiger partial charge in [0, 0.05) is 25.2 Å². The number of nitrogens with two attached hydrogens (primary N) is 1. The zero-order valence-electron chi connectivity index (χ0n) is 21.0. The minimum atomic E-state index is -0.761. The van der Waals surface area contributed by atoms with Gasteiger partial charge in [-0.25, -0.2) is 10.0 Å². The first-order chi connectivity index (χ1) is 17.2. The Balaban J connectivity index is 1.24.